The molecule has 0 radical (unpaired) electrons. The van der Waals surface area contributed by atoms with E-state index in [9.17, 15) is 5.11 Å². The number of furan rings is 1. The zero-order valence-electron chi connectivity index (χ0n) is 48.3. The summed E-state index contributed by atoms with van der Waals surface area (Å²) in [6.07, 6.45) is 1.90. The summed E-state index contributed by atoms with van der Waals surface area (Å²) in [6.45, 7) is 25.9. The summed E-state index contributed by atoms with van der Waals surface area (Å²) < 4.78 is 9.25. The molecule has 81 heavy (non-hydrogen) atoms. The minimum Gasteiger partial charge on any atom is -0.507 e. The van der Waals surface area contributed by atoms with Gasteiger partial charge in [-0.05, 0) is 93.2 Å². The second kappa shape index (κ2) is 19.6. The maximum atomic E-state index is 13.1. The van der Waals surface area contributed by atoms with Gasteiger partial charge in [0, 0.05) is 61.2 Å². The van der Waals surface area contributed by atoms with Gasteiger partial charge >= 0.3 is 0 Å². The number of nitrogens with zero attached hydrogens (tertiary/aromatic N) is 7. The summed E-state index contributed by atoms with van der Waals surface area (Å²) in [7, 11) is 0. The highest BCUT2D eigenvalue weighted by molar-refractivity contribution is 6.11. The molecule has 5 heterocycles. The number of aromatic nitrogens is 7. The van der Waals surface area contributed by atoms with Gasteiger partial charge in [0.1, 0.15) is 23.0 Å². The first-order valence-corrected chi connectivity index (χ1v) is 27.9. The third kappa shape index (κ3) is 9.85. The highest BCUT2D eigenvalue weighted by Gasteiger charge is 2.32. The van der Waals surface area contributed by atoms with Crippen LogP contribution in [0, 0.1) is 0 Å². The smallest absolute Gasteiger partial charge is 0.227 e. The molecule has 9 heteroatoms. The fourth-order valence-electron chi connectivity index (χ4n) is 10.7. The molecule has 0 aliphatic carbocycles. The Morgan fingerprint density at radius 1 is 0.432 bits per heavy atom. The number of imidazole rings is 1. The van der Waals surface area contributed by atoms with Crippen LogP contribution in [0.5, 0.6) is 5.75 Å². The maximum absolute atomic E-state index is 13.1. The highest BCUT2D eigenvalue weighted by Crippen LogP contribution is 2.49. The number of rotatable bonds is 8. The minimum absolute atomic E-state index is 0.101. The molecule has 1 N–H and O–H groups in total. The number of pyridine rings is 2. The van der Waals surface area contributed by atoms with Crippen LogP contribution in [-0.4, -0.2) is 39.6 Å². The van der Waals surface area contributed by atoms with Gasteiger partial charge in [-0.2, -0.15) is 0 Å². The lowest BCUT2D eigenvalue weighted by atomic mass is 9.83. The topological polar surface area (TPSA) is 116 Å². The van der Waals surface area contributed by atoms with Crippen molar-refractivity contribution in [3.05, 3.63) is 205 Å². The van der Waals surface area contributed by atoms with Gasteiger partial charge in [-0.3, -0.25) is 9.55 Å². The van der Waals surface area contributed by atoms with Crippen molar-refractivity contribution in [2.75, 3.05) is 0 Å². The van der Waals surface area contributed by atoms with E-state index < -0.39 is 5.41 Å². The average Bonchev–Trinajstić information content (AvgIpc) is 4.25. The standard InChI is InChI=1S/C72H67N7O2/c1-69(2,3)50-39-48(38-49(40-50)57-41-47(36-37-73-57)43-22-15-13-16-23-43)52-27-21-29-59-61(52)75-65(79(59)58-28-20-19-26-51(58)44-24-17-14-18-25-44)60-62(80)55(70(4,5)6)42-54-53-34-35-56(74-66(53)81-63(54)60)45-30-32-46(33-31-45)64-76-67(71(7,8)9)78-68(77-64)72(10,11)12/h13-42,80H,1-12H3. The van der Waals surface area contributed by atoms with Crippen molar-refractivity contribution in [2.24, 2.45) is 0 Å². The molecule has 7 aromatic carbocycles. The van der Waals surface area contributed by atoms with Crippen molar-refractivity contribution in [1.82, 2.24) is 34.5 Å². The van der Waals surface area contributed by atoms with Crippen LogP contribution >= 0.6 is 0 Å². The lowest BCUT2D eigenvalue weighted by Gasteiger charge is -2.23. The number of hydrogen-bond donors (Lipinski definition) is 1. The third-order valence-corrected chi connectivity index (χ3v) is 15.2. The van der Waals surface area contributed by atoms with Crippen molar-refractivity contribution in [2.45, 2.75) is 105 Å². The molecule has 0 saturated carbocycles. The van der Waals surface area contributed by atoms with E-state index in [0.29, 0.717) is 28.5 Å². The summed E-state index contributed by atoms with van der Waals surface area (Å²) in [4.78, 5) is 30.7. The van der Waals surface area contributed by atoms with Crippen LogP contribution in [-0.2, 0) is 21.7 Å². The summed E-state index contributed by atoms with van der Waals surface area (Å²) in [5, 5.41) is 14.7. The zero-order valence-corrected chi connectivity index (χ0v) is 48.3. The molecule has 0 saturated heterocycles. The summed E-state index contributed by atoms with van der Waals surface area (Å²) >= 11 is 0. The molecule has 402 valence electrons. The Labute approximate surface area is 474 Å². The van der Waals surface area contributed by atoms with E-state index in [1.807, 2.05) is 36.5 Å². The second-order valence-corrected chi connectivity index (χ2v) is 25.5. The largest absolute Gasteiger partial charge is 0.507 e. The number of para-hydroxylation sites is 2. The van der Waals surface area contributed by atoms with Crippen molar-refractivity contribution in [1.29, 1.82) is 0 Å². The van der Waals surface area contributed by atoms with Gasteiger partial charge < -0.3 is 9.52 Å². The fraction of sp³-hybridized carbons (Fsp3) is 0.222. The number of phenolic OH excluding ortho intramolecular Hbond substituents is 1. The Morgan fingerprint density at radius 2 is 1.06 bits per heavy atom. The first kappa shape index (κ1) is 52.6. The van der Waals surface area contributed by atoms with Gasteiger partial charge in [0.25, 0.3) is 0 Å². The summed E-state index contributed by atoms with van der Waals surface area (Å²) in [5.41, 5.74) is 15.4. The third-order valence-electron chi connectivity index (χ3n) is 15.2. The van der Waals surface area contributed by atoms with E-state index in [0.717, 1.165) is 106 Å². The number of hydrogen-bond acceptors (Lipinski definition) is 8. The molecule has 12 aromatic rings. The Hall–Kier alpha value is -9.08. The lowest BCUT2D eigenvalue weighted by Crippen LogP contribution is -2.24. The molecule has 0 amide bonds. The van der Waals surface area contributed by atoms with Crippen LogP contribution in [0.3, 0.4) is 0 Å². The molecule has 0 fully saturated rings. The molecule has 5 aromatic heterocycles. The van der Waals surface area contributed by atoms with Crippen molar-refractivity contribution in [3.63, 3.8) is 0 Å². The van der Waals surface area contributed by atoms with Crippen molar-refractivity contribution in [3.8, 4) is 90.1 Å². The number of aromatic hydroxyl groups is 1. The van der Waals surface area contributed by atoms with Crippen molar-refractivity contribution < 1.29 is 9.52 Å². The molecule has 0 spiro atoms. The van der Waals surface area contributed by atoms with Gasteiger partial charge in [-0.15, -0.1) is 0 Å². The number of fused-ring (bicyclic) bond motifs is 4. The van der Waals surface area contributed by atoms with Gasteiger partial charge in [0.2, 0.25) is 5.71 Å². The molecule has 0 atom stereocenters. The molecule has 0 aliphatic rings. The van der Waals surface area contributed by atoms with E-state index in [2.05, 4.69) is 233 Å². The Morgan fingerprint density at radius 3 is 1.73 bits per heavy atom. The van der Waals surface area contributed by atoms with Gasteiger partial charge in [-0.25, -0.2) is 24.9 Å². The molecule has 0 unspecified atom stereocenters. The van der Waals surface area contributed by atoms with Crippen LogP contribution < -0.4 is 0 Å². The van der Waals surface area contributed by atoms with Gasteiger partial charge in [-0.1, -0.05) is 204 Å². The van der Waals surface area contributed by atoms with E-state index in [-0.39, 0.29) is 22.0 Å². The number of benzene rings is 7. The van der Waals surface area contributed by atoms with Crippen LogP contribution in [0.2, 0.25) is 0 Å². The predicted octanol–water partition coefficient (Wildman–Crippen LogP) is 18.5. The predicted molar refractivity (Wildman–Crippen MR) is 332 cm³/mol. The quantitative estimate of drug-likeness (QED) is 0.160. The van der Waals surface area contributed by atoms with Gasteiger partial charge in [0.05, 0.1) is 28.1 Å². The minimum atomic E-state index is -0.481. The van der Waals surface area contributed by atoms with Crippen LogP contribution in [0.25, 0.3) is 117 Å². The first-order chi connectivity index (χ1) is 38.6. The maximum Gasteiger partial charge on any atom is 0.227 e. The molecule has 0 bridgehead atoms. The Kier molecular flexibility index (Phi) is 12.7. The van der Waals surface area contributed by atoms with Crippen LogP contribution in [0.4, 0.5) is 0 Å². The lowest BCUT2D eigenvalue weighted by molar-refractivity contribution is 0.448. The van der Waals surface area contributed by atoms with E-state index in [1.165, 1.54) is 5.56 Å². The molecular formula is C72H67N7O2. The van der Waals surface area contributed by atoms with Crippen molar-refractivity contribution >= 4 is 33.1 Å². The fourth-order valence-corrected chi connectivity index (χ4v) is 10.7. The van der Waals surface area contributed by atoms with Crippen LogP contribution in [0.15, 0.2) is 187 Å². The Balaban J connectivity index is 1.07. The molecular weight excluding hydrogens is 995 g/mol. The average molecular weight is 1060 g/mol. The second-order valence-electron chi connectivity index (χ2n) is 25.5. The molecule has 12 rings (SSSR count). The highest BCUT2D eigenvalue weighted by atomic mass is 16.3. The monoisotopic (exact) mass is 1060 g/mol. The van der Waals surface area contributed by atoms with Gasteiger partial charge in [0.15, 0.2) is 17.2 Å². The molecule has 9 nitrogen and oxygen atoms in total. The zero-order chi connectivity index (χ0) is 56.8. The molecule has 0 aliphatic heterocycles. The number of phenols is 1. The normalized spacial score (nSPS) is 12.5. The van der Waals surface area contributed by atoms with E-state index in [4.69, 9.17) is 34.3 Å². The Bertz CT molecular complexity index is 4340. The summed E-state index contributed by atoms with van der Waals surface area (Å²) in [6, 6.07) is 61.1. The first-order valence-electron chi connectivity index (χ1n) is 27.9. The summed E-state index contributed by atoms with van der Waals surface area (Å²) in [5.74, 6) is 2.80. The van der Waals surface area contributed by atoms with E-state index >= 15 is 0 Å². The van der Waals surface area contributed by atoms with Crippen LogP contribution in [0.1, 0.15) is 106 Å². The van der Waals surface area contributed by atoms with E-state index in [1.54, 1.807) is 0 Å². The SMILES string of the molecule is CC(C)(C)c1cc(-c2cc(-c3ccccc3)ccn2)cc(-c2cccc3c2nc(-c2c(O)c(C(C)(C)C)cc4c2oc2nc(-c5ccc(-c6nc(C(C)(C)C)nc(C(C)(C)C)n6)cc5)ccc24)n3-c2ccccc2-c2ccccc2)c1.